The van der Waals surface area contributed by atoms with Gasteiger partial charge in [0.1, 0.15) is 5.78 Å². The van der Waals surface area contributed by atoms with E-state index in [9.17, 15) is 4.79 Å². The Hall–Kier alpha value is -0.630. The summed E-state index contributed by atoms with van der Waals surface area (Å²) in [5.41, 5.74) is 0.476. The quantitative estimate of drug-likeness (QED) is 0.723. The van der Waals surface area contributed by atoms with E-state index in [1.165, 1.54) is 24.1 Å². The summed E-state index contributed by atoms with van der Waals surface area (Å²) in [5.74, 6) is 0.326. The van der Waals surface area contributed by atoms with Gasteiger partial charge in [-0.05, 0) is 44.1 Å². The summed E-state index contributed by atoms with van der Waals surface area (Å²) in [6, 6.07) is 4.37. The fourth-order valence-electron chi connectivity index (χ4n) is 2.03. The topological polar surface area (TPSA) is 17.1 Å². The van der Waals surface area contributed by atoms with Gasteiger partial charge in [0.05, 0.1) is 0 Å². The van der Waals surface area contributed by atoms with Crippen LogP contribution in [0.5, 0.6) is 0 Å². The predicted octanol–water partition coefficient (Wildman–Crippen LogP) is 3.54. The van der Waals surface area contributed by atoms with E-state index in [-0.39, 0.29) is 0 Å². The molecular weight excluding hydrogens is 192 g/mol. The lowest BCUT2D eigenvalue weighted by Gasteiger charge is -2.11. The second kappa shape index (κ2) is 3.85. The fraction of sp³-hybridized carbons (Fsp3) is 0.583. The lowest BCUT2D eigenvalue weighted by Crippen LogP contribution is -2.04. The van der Waals surface area contributed by atoms with Crippen LogP contribution in [0.2, 0.25) is 0 Å². The SMILES string of the molecule is CC(=O)CCCC1(c2cccs2)CC1. The average Bonchev–Trinajstić information content (AvgIpc) is 2.73. The Morgan fingerprint density at radius 1 is 1.57 bits per heavy atom. The van der Waals surface area contributed by atoms with Gasteiger partial charge in [-0.1, -0.05) is 6.07 Å². The average molecular weight is 208 g/mol. The molecule has 1 saturated carbocycles. The Morgan fingerprint density at radius 3 is 2.86 bits per heavy atom. The maximum absolute atomic E-state index is 10.8. The van der Waals surface area contributed by atoms with Crippen molar-refractivity contribution in [3.8, 4) is 0 Å². The van der Waals surface area contributed by atoms with Crippen LogP contribution in [0.15, 0.2) is 17.5 Å². The zero-order valence-corrected chi connectivity index (χ0v) is 9.40. The van der Waals surface area contributed by atoms with Crippen molar-refractivity contribution in [2.24, 2.45) is 0 Å². The largest absolute Gasteiger partial charge is 0.300 e. The van der Waals surface area contributed by atoms with Crippen molar-refractivity contribution in [1.29, 1.82) is 0 Å². The van der Waals surface area contributed by atoms with Gasteiger partial charge in [0.15, 0.2) is 0 Å². The molecule has 1 aromatic rings. The third kappa shape index (κ3) is 2.06. The molecule has 2 rings (SSSR count). The molecule has 0 atom stereocenters. The van der Waals surface area contributed by atoms with E-state index in [0.29, 0.717) is 11.2 Å². The molecule has 1 nitrogen and oxygen atoms in total. The number of hydrogen-bond donors (Lipinski definition) is 0. The zero-order valence-electron chi connectivity index (χ0n) is 8.58. The molecule has 0 aliphatic heterocycles. The zero-order chi connectivity index (χ0) is 10.0. The van der Waals surface area contributed by atoms with Gasteiger partial charge in [-0.3, -0.25) is 0 Å². The van der Waals surface area contributed by atoms with Crippen LogP contribution in [0, 0.1) is 0 Å². The van der Waals surface area contributed by atoms with Crippen LogP contribution in [0.3, 0.4) is 0 Å². The summed E-state index contributed by atoms with van der Waals surface area (Å²) < 4.78 is 0. The Labute approximate surface area is 89.1 Å². The summed E-state index contributed by atoms with van der Waals surface area (Å²) in [5, 5.41) is 2.15. The van der Waals surface area contributed by atoms with Crippen molar-refractivity contribution in [2.45, 2.75) is 44.4 Å². The minimum atomic E-state index is 0.326. The van der Waals surface area contributed by atoms with Crippen molar-refractivity contribution in [1.82, 2.24) is 0 Å². The highest BCUT2D eigenvalue weighted by Crippen LogP contribution is 2.53. The van der Waals surface area contributed by atoms with Gasteiger partial charge in [-0.2, -0.15) is 0 Å². The third-order valence-corrected chi connectivity index (χ3v) is 4.20. The molecule has 1 heterocycles. The number of carbonyl (C=O) groups is 1. The second-order valence-corrected chi connectivity index (χ2v) is 5.26. The van der Waals surface area contributed by atoms with Crippen LogP contribution < -0.4 is 0 Å². The number of hydrogen-bond acceptors (Lipinski definition) is 2. The molecule has 0 amide bonds. The van der Waals surface area contributed by atoms with Crippen molar-refractivity contribution in [2.75, 3.05) is 0 Å². The predicted molar refractivity (Wildman–Crippen MR) is 59.8 cm³/mol. The van der Waals surface area contributed by atoms with Crippen LogP contribution in [-0.4, -0.2) is 5.78 Å². The molecule has 1 aliphatic rings. The summed E-state index contributed by atoms with van der Waals surface area (Å²) in [6.07, 6.45) is 5.67. The van der Waals surface area contributed by atoms with E-state index in [0.717, 1.165) is 12.8 Å². The minimum Gasteiger partial charge on any atom is -0.300 e. The van der Waals surface area contributed by atoms with Crippen LogP contribution in [-0.2, 0) is 10.2 Å². The highest BCUT2D eigenvalue weighted by atomic mass is 32.1. The van der Waals surface area contributed by atoms with Gasteiger partial charge in [-0.25, -0.2) is 0 Å². The van der Waals surface area contributed by atoms with Crippen molar-refractivity contribution >= 4 is 17.1 Å². The number of thiophene rings is 1. The molecule has 2 heteroatoms. The normalized spacial score (nSPS) is 18.1. The first-order chi connectivity index (χ1) is 6.73. The molecule has 0 bridgehead atoms. The molecule has 1 fully saturated rings. The molecule has 0 saturated heterocycles. The first-order valence-corrected chi connectivity index (χ1v) is 6.14. The Balaban J connectivity index is 1.88. The number of Topliss-reactive ketones (excluding diaryl/α,β-unsaturated/α-hetero) is 1. The Kier molecular flexibility index (Phi) is 2.73. The smallest absolute Gasteiger partial charge is 0.129 e. The van der Waals surface area contributed by atoms with Crippen molar-refractivity contribution in [3.63, 3.8) is 0 Å². The first kappa shape index (κ1) is 9.91. The number of rotatable bonds is 5. The van der Waals surface area contributed by atoms with Crippen molar-refractivity contribution in [3.05, 3.63) is 22.4 Å². The lowest BCUT2D eigenvalue weighted by atomic mass is 9.96. The van der Waals surface area contributed by atoms with Gasteiger partial charge in [0.2, 0.25) is 0 Å². The van der Waals surface area contributed by atoms with E-state index < -0.39 is 0 Å². The number of ketones is 1. The molecule has 0 unspecified atom stereocenters. The molecule has 76 valence electrons. The summed E-state index contributed by atoms with van der Waals surface area (Å²) in [4.78, 5) is 12.4. The van der Waals surface area contributed by atoms with E-state index in [4.69, 9.17) is 0 Å². The van der Waals surface area contributed by atoms with Gasteiger partial charge in [-0.15, -0.1) is 11.3 Å². The Bertz CT molecular complexity index is 309. The summed E-state index contributed by atoms with van der Waals surface area (Å²) in [6.45, 7) is 1.69. The molecular formula is C12H16OS. The van der Waals surface area contributed by atoms with Crippen molar-refractivity contribution < 1.29 is 4.79 Å². The molecule has 0 spiro atoms. The van der Waals surface area contributed by atoms with E-state index in [1.54, 1.807) is 6.92 Å². The standard InChI is InChI=1S/C12H16OS/c1-10(13)4-2-6-12(7-8-12)11-5-3-9-14-11/h3,5,9H,2,4,6-8H2,1H3. The van der Waals surface area contributed by atoms with Crippen LogP contribution in [0.1, 0.15) is 43.9 Å². The second-order valence-electron chi connectivity index (χ2n) is 4.31. The van der Waals surface area contributed by atoms with Gasteiger partial charge in [0, 0.05) is 16.7 Å². The highest BCUT2D eigenvalue weighted by Gasteiger charge is 2.44. The highest BCUT2D eigenvalue weighted by molar-refractivity contribution is 7.10. The van der Waals surface area contributed by atoms with E-state index >= 15 is 0 Å². The molecule has 0 N–H and O–H groups in total. The molecule has 1 aromatic heterocycles. The lowest BCUT2D eigenvalue weighted by molar-refractivity contribution is -0.117. The van der Waals surface area contributed by atoms with Crippen LogP contribution in [0.25, 0.3) is 0 Å². The van der Waals surface area contributed by atoms with Gasteiger partial charge in [0.25, 0.3) is 0 Å². The maximum atomic E-state index is 10.8. The van der Waals surface area contributed by atoms with E-state index in [1.807, 2.05) is 11.3 Å². The number of carbonyl (C=O) groups excluding carboxylic acids is 1. The fourth-order valence-corrected chi connectivity index (χ4v) is 3.04. The van der Waals surface area contributed by atoms with Crippen LogP contribution >= 0.6 is 11.3 Å². The summed E-state index contributed by atoms with van der Waals surface area (Å²) >= 11 is 1.87. The molecule has 14 heavy (non-hydrogen) atoms. The molecule has 0 aromatic carbocycles. The minimum absolute atomic E-state index is 0.326. The Morgan fingerprint density at radius 2 is 2.36 bits per heavy atom. The monoisotopic (exact) mass is 208 g/mol. The maximum Gasteiger partial charge on any atom is 0.129 e. The van der Waals surface area contributed by atoms with Crippen LogP contribution in [0.4, 0.5) is 0 Å². The first-order valence-electron chi connectivity index (χ1n) is 5.26. The third-order valence-electron chi connectivity index (χ3n) is 3.08. The molecule has 1 aliphatic carbocycles. The summed E-state index contributed by atoms with van der Waals surface area (Å²) in [7, 11) is 0. The molecule has 0 radical (unpaired) electrons. The van der Waals surface area contributed by atoms with Gasteiger partial charge >= 0.3 is 0 Å². The van der Waals surface area contributed by atoms with Gasteiger partial charge < -0.3 is 4.79 Å². The van der Waals surface area contributed by atoms with E-state index in [2.05, 4.69) is 17.5 Å².